The van der Waals surface area contributed by atoms with E-state index in [4.69, 9.17) is 0 Å². The number of carboxylic acids is 1. The first-order chi connectivity index (χ1) is 17.3. The number of anilines is 1. The van der Waals surface area contributed by atoms with Crippen LogP contribution in [0.4, 0.5) is 5.82 Å². The zero-order chi connectivity index (χ0) is 25.4. The molecule has 4 aromatic rings. The van der Waals surface area contributed by atoms with Gasteiger partial charge in [0.25, 0.3) is 0 Å². The van der Waals surface area contributed by atoms with E-state index in [9.17, 15) is 14.7 Å². The fourth-order valence-corrected chi connectivity index (χ4v) is 4.99. The Hall–Kier alpha value is -3.94. The van der Waals surface area contributed by atoms with E-state index < -0.39 is 5.97 Å². The van der Waals surface area contributed by atoms with Crippen molar-refractivity contribution in [2.75, 3.05) is 4.90 Å². The number of carbonyl (C=O) groups excluding carboxylic acids is 1. The van der Waals surface area contributed by atoms with E-state index in [0.717, 1.165) is 42.6 Å². The number of aromatic carboxylic acids is 1. The molecule has 8 heteroatoms. The summed E-state index contributed by atoms with van der Waals surface area (Å²) in [5, 5.41) is 14.6. The Labute approximate surface area is 210 Å². The van der Waals surface area contributed by atoms with Crippen molar-refractivity contribution in [1.82, 2.24) is 19.2 Å². The second kappa shape index (κ2) is 9.60. The van der Waals surface area contributed by atoms with E-state index in [1.807, 2.05) is 73.1 Å². The van der Waals surface area contributed by atoms with Crippen LogP contribution in [0.15, 0.2) is 61.1 Å². The van der Waals surface area contributed by atoms with Crippen molar-refractivity contribution in [3.63, 3.8) is 0 Å². The lowest BCUT2D eigenvalue weighted by atomic mass is 9.82. The lowest BCUT2D eigenvalue weighted by Gasteiger charge is -2.32. The van der Waals surface area contributed by atoms with E-state index in [-0.39, 0.29) is 29.2 Å². The first kappa shape index (κ1) is 23.8. The molecule has 0 saturated heterocycles. The van der Waals surface area contributed by atoms with Crippen LogP contribution in [-0.2, 0) is 4.79 Å². The number of pyridine rings is 1. The largest absolute Gasteiger partial charge is 0.477 e. The molecule has 186 valence electrons. The number of rotatable bonds is 6. The maximum absolute atomic E-state index is 13.5. The summed E-state index contributed by atoms with van der Waals surface area (Å²) in [6, 6.07) is 13.3. The fraction of sp³-hybridized carbons (Fsp3) is 0.357. The van der Waals surface area contributed by atoms with E-state index in [0.29, 0.717) is 11.6 Å². The Morgan fingerprint density at radius 1 is 1.03 bits per heavy atom. The number of fused-ring (bicyclic) bond motifs is 1. The topological polar surface area (TPSA) is 92.7 Å². The molecule has 0 atom stereocenters. The predicted octanol–water partition coefficient (Wildman–Crippen LogP) is 5.45. The van der Waals surface area contributed by atoms with Crippen LogP contribution < -0.4 is 4.90 Å². The first-order valence-corrected chi connectivity index (χ1v) is 12.5. The number of carbonyl (C=O) groups is 2. The highest BCUT2D eigenvalue weighted by molar-refractivity contribution is 6.01. The van der Waals surface area contributed by atoms with Gasteiger partial charge >= 0.3 is 5.97 Å². The van der Waals surface area contributed by atoms with Gasteiger partial charge in [-0.25, -0.2) is 14.5 Å². The van der Waals surface area contributed by atoms with E-state index in [2.05, 4.69) is 17.0 Å². The summed E-state index contributed by atoms with van der Waals surface area (Å²) in [6.45, 7) is 6.01. The quantitative estimate of drug-likeness (QED) is 0.392. The molecule has 1 aliphatic carbocycles. The Morgan fingerprint density at radius 3 is 2.39 bits per heavy atom. The third kappa shape index (κ3) is 4.51. The summed E-state index contributed by atoms with van der Waals surface area (Å²) in [7, 11) is 0. The minimum Gasteiger partial charge on any atom is -0.477 e. The Kier molecular flexibility index (Phi) is 6.35. The smallest absolute Gasteiger partial charge is 0.341 e. The molecule has 0 spiro atoms. The SMILES string of the molecule is CC(C)N(c1nn(-c2ccc(-c3cn4ccccc4n3)cc2)cc1C(=O)O)C(=O)[C@H]1CC[C@H](C)CC1. The van der Waals surface area contributed by atoms with Gasteiger partial charge in [0, 0.05) is 36.1 Å². The van der Waals surface area contributed by atoms with Crippen LogP contribution in [0.5, 0.6) is 0 Å². The number of hydrogen-bond acceptors (Lipinski definition) is 4. The second-order valence-corrected chi connectivity index (χ2v) is 10.0. The predicted molar refractivity (Wildman–Crippen MR) is 138 cm³/mol. The van der Waals surface area contributed by atoms with E-state index in [1.54, 1.807) is 4.90 Å². The van der Waals surface area contributed by atoms with Crippen LogP contribution in [-0.4, -0.2) is 42.2 Å². The third-order valence-corrected chi connectivity index (χ3v) is 7.06. The highest BCUT2D eigenvalue weighted by atomic mass is 16.4. The van der Waals surface area contributed by atoms with Crippen molar-refractivity contribution in [3.05, 3.63) is 66.6 Å². The van der Waals surface area contributed by atoms with E-state index in [1.165, 1.54) is 10.9 Å². The molecular formula is C28H31N5O3. The van der Waals surface area contributed by atoms with Gasteiger partial charge in [-0.3, -0.25) is 9.69 Å². The van der Waals surface area contributed by atoms with Crippen LogP contribution in [0.25, 0.3) is 22.6 Å². The molecule has 0 radical (unpaired) electrons. The van der Waals surface area contributed by atoms with E-state index >= 15 is 0 Å². The molecule has 1 saturated carbocycles. The first-order valence-electron chi connectivity index (χ1n) is 12.5. The van der Waals surface area contributed by atoms with Crippen molar-refractivity contribution in [3.8, 4) is 16.9 Å². The summed E-state index contributed by atoms with van der Waals surface area (Å²) < 4.78 is 3.50. The summed E-state index contributed by atoms with van der Waals surface area (Å²) in [5.41, 5.74) is 3.38. The number of aromatic nitrogens is 4. The minimum atomic E-state index is -1.10. The Morgan fingerprint density at radius 2 is 1.75 bits per heavy atom. The van der Waals surface area contributed by atoms with Gasteiger partial charge < -0.3 is 9.51 Å². The van der Waals surface area contributed by atoms with Gasteiger partial charge in [-0.05, 0) is 69.7 Å². The number of amides is 1. The maximum atomic E-state index is 13.5. The van der Waals surface area contributed by atoms with Gasteiger partial charge in [0.1, 0.15) is 11.2 Å². The molecule has 0 unspecified atom stereocenters. The van der Waals surface area contributed by atoms with Crippen molar-refractivity contribution < 1.29 is 14.7 Å². The molecule has 5 rings (SSSR count). The molecule has 3 aromatic heterocycles. The summed E-state index contributed by atoms with van der Waals surface area (Å²) in [6.07, 6.45) is 9.10. The van der Waals surface area contributed by atoms with Gasteiger partial charge in [0.05, 0.1) is 11.4 Å². The summed E-state index contributed by atoms with van der Waals surface area (Å²) >= 11 is 0. The van der Waals surface area contributed by atoms with Gasteiger partial charge in [-0.15, -0.1) is 5.10 Å². The number of nitrogens with zero attached hydrogens (tertiary/aromatic N) is 5. The zero-order valence-corrected chi connectivity index (χ0v) is 20.8. The highest BCUT2D eigenvalue weighted by Crippen LogP contribution is 2.33. The van der Waals surface area contributed by atoms with Gasteiger partial charge in [-0.1, -0.05) is 25.1 Å². The molecule has 1 fully saturated rings. The average molecular weight is 486 g/mol. The molecule has 0 bridgehead atoms. The van der Waals surface area contributed by atoms with Crippen molar-refractivity contribution in [2.24, 2.45) is 11.8 Å². The second-order valence-electron chi connectivity index (χ2n) is 10.0. The van der Waals surface area contributed by atoms with Crippen LogP contribution in [0.2, 0.25) is 0 Å². The molecule has 1 N–H and O–H groups in total. The lowest BCUT2D eigenvalue weighted by Crippen LogP contribution is -2.43. The molecule has 3 heterocycles. The highest BCUT2D eigenvalue weighted by Gasteiger charge is 2.34. The third-order valence-electron chi connectivity index (χ3n) is 7.06. The number of benzene rings is 1. The molecule has 1 aromatic carbocycles. The van der Waals surface area contributed by atoms with Crippen LogP contribution in [0.1, 0.15) is 56.8 Å². The molecule has 1 amide bonds. The number of carboxylic acid groups (broad SMARTS) is 1. The monoisotopic (exact) mass is 485 g/mol. The van der Waals surface area contributed by atoms with Gasteiger partial charge in [0.15, 0.2) is 5.82 Å². The van der Waals surface area contributed by atoms with Gasteiger partial charge in [-0.2, -0.15) is 0 Å². The molecule has 8 nitrogen and oxygen atoms in total. The maximum Gasteiger partial charge on any atom is 0.341 e. The molecule has 0 aliphatic heterocycles. The van der Waals surface area contributed by atoms with Crippen molar-refractivity contribution >= 4 is 23.3 Å². The summed E-state index contributed by atoms with van der Waals surface area (Å²) in [5.74, 6) is -0.412. The van der Waals surface area contributed by atoms with Crippen molar-refractivity contribution in [2.45, 2.75) is 52.5 Å². The number of hydrogen-bond donors (Lipinski definition) is 1. The summed E-state index contributed by atoms with van der Waals surface area (Å²) in [4.78, 5) is 31.9. The van der Waals surface area contributed by atoms with Crippen LogP contribution in [0, 0.1) is 11.8 Å². The molecular weight excluding hydrogens is 454 g/mol. The molecule has 1 aliphatic rings. The standard InChI is InChI=1S/C28H31N5O3/c1-18(2)33(27(34)21-9-7-19(3)8-10-21)26-23(28(35)36)16-32(30-26)22-13-11-20(12-14-22)24-17-31-15-5-4-6-25(31)29-24/h4-6,11-19,21H,7-10H2,1-3H3,(H,35,36)/t19-,21-. The number of imidazole rings is 1. The van der Waals surface area contributed by atoms with Crippen LogP contribution >= 0.6 is 0 Å². The Bertz CT molecular complexity index is 1360. The minimum absolute atomic E-state index is 0.0191. The normalized spacial score (nSPS) is 18.0. The van der Waals surface area contributed by atoms with Gasteiger partial charge in [0.2, 0.25) is 5.91 Å². The average Bonchev–Trinajstić information content (AvgIpc) is 3.49. The zero-order valence-electron chi connectivity index (χ0n) is 20.8. The van der Waals surface area contributed by atoms with Crippen molar-refractivity contribution in [1.29, 1.82) is 0 Å². The molecule has 36 heavy (non-hydrogen) atoms. The fourth-order valence-electron chi connectivity index (χ4n) is 4.99. The van der Waals surface area contributed by atoms with Crippen LogP contribution in [0.3, 0.4) is 0 Å². The lowest BCUT2D eigenvalue weighted by molar-refractivity contribution is -0.124. The Balaban J connectivity index is 1.46.